The minimum absolute atomic E-state index is 0.127. The van der Waals surface area contributed by atoms with Crippen LogP contribution in [0.4, 0.5) is 13.2 Å². The summed E-state index contributed by atoms with van der Waals surface area (Å²) in [5.74, 6) is 0.388. The molecule has 22 heavy (non-hydrogen) atoms. The summed E-state index contributed by atoms with van der Waals surface area (Å²) in [4.78, 5) is 15.7. The Labute approximate surface area is 125 Å². The fourth-order valence-corrected chi connectivity index (χ4v) is 2.43. The summed E-state index contributed by atoms with van der Waals surface area (Å²) < 4.78 is 43.9. The van der Waals surface area contributed by atoms with E-state index in [2.05, 4.69) is 10.1 Å². The molecule has 3 heterocycles. The van der Waals surface area contributed by atoms with Gasteiger partial charge in [-0.2, -0.15) is 29.5 Å². The zero-order valence-electron chi connectivity index (χ0n) is 10.9. The summed E-state index contributed by atoms with van der Waals surface area (Å²) in [7, 11) is 0. The summed E-state index contributed by atoms with van der Waals surface area (Å²) in [5.41, 5.74) is -0.760. The minimum atomic E-state index is -4.52. The number of halogens is 3. The van der Waals surface area contributed by atoms with Gasteiger partial charge in [0.1, 0.15) is 0 Å². The highest BCUT2D eigenvalue weighted by atomic mass is 32.1. The third kappa shape index (κ3) is 2.93. The molecule has 0 aliphatic heterocycles. The van der Waals surface area contributed by atoms with E-state index in [4.69, 9.17) is 4.52 Å². The second-order valence-corrected chi connectivity index (χ2v) is 5.19. The van der Waals surface area contributed by atoms with E-state index < -0.39 is 17.3 Å². The molecule has 0 bridgehead atoms. The molecule has 0 N–H and O–H groups in total. The fourth-order valence-electron chi connectivity index (χ4n) is 1.80. The van der Waals surface area contributed by atoms with E-state index in [1.807, 2.05) is 5.38 Å². The molecule has 0 saturated heterocycles. The topological polar surface area (TPSA) is 60.9 Å². The molecule has 0 fully saturated rings. The molecule has 0 aliphatic carbocycles. The third-order valence-corrected chi connectivity index (χ3v) is 3.54. The van der Waals surface area contributed by atoms with Gasteiger partial charge in [-0.25, -0.2) is 0 Å². The van der Waals surface area contributed by atoms with Gasteiger partial charge in [-0.1, -0.05) is 5.16 Å². The molecule has 3 rings (SSSR count). The molecular weight excluding hydrogens is 319 g/mol. The summed E-state index contributed by atoms with van der Waals surface area (Å²) in [6.07, 6.45) is -3.78. The first-order valence-corrected chi connectivity index (χ1v) is 7.00. The first-order valence-electron chi connectivity index (χ1n) is 6.06. The van der Waals surface area contributed by atoms with E-state index in [9.17, 15) is 18.0 Å². The van der Waals surface area contributed by atoms with Gasteiger partial charge < -0.3 is 9.09 Å². The molecule has 0 spiro atoms. The van der Waals surface area contributed by atoms with Crippen LogP contribution in [0.25, 0.3) is 11.5 Å². The highest BCUT2D eigenvalue weighted by Gasteiger charge is 2.31. The van der Waals surface area contributed by atoms with Crippen LogP contribution in [0.2, 0.25) is 0 Å². The standard InChI is InChI=1S/C13H8F3N3O2S/c14-13(15,16)9-1-2-11(20)19(5-9)6-10-17-12(21-18-10)8-3-4-22-7-8/h1-5,7H,6H2. The van der Waals surface area contributed by atoms with Crippen LogP contribution in [-0.4, -0.2) is 14.7 Å². The number of hydrogen-bond donors (Lipinski definition) is 0. The maximum atomic E-state index is 12.7. The van der Waals surface area contributed by atoms with Gasteiger partial charge in [-0.05, 0) is 17.5 Å². The summed E-state index contributed by atoms with van der Waals surface area (Å²) >= 11 is 1.45. The van der Waals surface area contributed by atoms with Crippen LogP contribution >= 0.6 is 11.3 Å². The van der Waals surface area contributed by atoms with Crippen LogP contribution in [0.1, 0.15) is 11.4 Å². The molecule has 0 saturated carbocycles. The van der Waals surface area contributed by atoms with E-state index >= 15 is 0 Å². The Morgan fingerprint density at radius 1 is 1.27 bits per heavy atom. The predicted molar refractivity (Wildman–Crippen MR) is 72.4 cm³/mol. The molecule has 0 amide bonds. The molecular formula is C13H8F3N3O2S. The van der Waals surface area contributed by atoms with Crippen LogP contribution in [-0.2, 0) is 12.7 Å². The molecule has 9 heteroatoms. The van der Waals surface area contributed by atoms with E-state index in [0.29, 0.717) is 0 Å². The predicted octanol–water partition coefficient (Wildman–Crippen LogP) is 3.03. The zero-order chi connectivity index (χ0) is 15.7. The SMILES string of the molecule is O=c1ccc(C(F)(F)F)cn1Cc1noc(-c2ccsc2)n1. The van der Waals surface area contributed by atoms with Crippen molar-refractivity contribution in [1.82, 2.24) is 14.7 Å². The summed E-state index contributed by atoms with van der Waals surface area (Å²) in [6.45, 7) is -0.198. The number of thiophene rings is 1. The molecule has 3 aromatic rings. The van der Waals surface area contributed by atoms with E-state index in [1.54, 1.807) is 11.4 Å². The quantitative estimate of drug-likeness (QED) is 0.742. The van der Waals surface area contributed by atoms with E-state index in [-0.39, 0.29) is 18.3 Å². The van der Waals surface area contributed by atoms with Crippen molar-refractivity contribution in [2.75, 3.05) is 0 Å². The highest BCUT2D eigenvalue weighted by Crippen LogP contribution is 2.28. The molecule has 0 atom stereocenters. The minimum Gasteiger partial charge on any atom is -0.334 e. The first kappa shape index (κ1) is 14.5. The van der Waals surface area contributed by atoms with Gasteiger partial charge in [0.15, 0.2) is 5.82 Å². The van der Waals surface area contributed by atoms with Crippen molar-refractivity contribution in [2.45, 2.75) is 12.7 Å². The third-order valence-electron chi connectivity index (χ3n) is 2.86. The second-order valence-electron chi connectivity index (χ2n) is 4.41. The Balaban J connectivity index is 1.89. The molecule has 0 aliphatic rings. The van der Waals surface area contributed by atoms with Crippen molar-refractivity contribution in [3.8, 4) is 11.5 Å². The smallest absolute Gasteiger partial charge is 0.334 e. The lowest BCUT2D eigenvalue weighted by atomic mass is 10.3. The van der Waals surface area contributed by atoms with Gasteiger partial charge in [-0.3, -0.25) is 4.79 Å². The van der Waals surface area contributed by atoms with Gasteiger partial charge >= 0.3 is 6.18 Å². The van der Waals surface area contributed by atoms with Crippen molar-refractivity contribution in [3.05, 3.63) is 56.9 Å². The van der Waals surface area contributed by atoms with Crippen molar-refractivity contribution in [3.63, 3.8) is 0 Å². The van der Waals surface area contributed by atoms with Gasteiger partial charge in [0.25, 0.3) is 11.4 Å². The molecule has 114 valence electrons. The van der Waals surface area contributed by atoms with Gasteiger partial charge in [0.2, 0.25) is 0 Å². The number of alkyl halides is 3. The lowest BCUT2D eigenvalue weighted by Crippen LogP contribution is -2.22. The first-order chi connectivity index (χ1) is 10.4. The van der Waals surface area contributed by atoms with E-state index in [1.165, 1.54) is 11.3 Å². The largest absolute Gasteiger partial charge is 0.417 e. The summed E-state index contributed by atoms with van der Waals surface area (Å²) in [6, 6.07) is 3.38. The molecule has 5 nitrogen and oxygen atoms in total. The lowest BCUT2D eigenvalue weighted by molar-refractivity contribution is -0.138. The van der Waals surface area contributed by atoms with Crippen LogP contribution < -0.4 is 5.56 Å². The van der Waals surface area contributed by atoms with Crippen molar-refractivity contribution in [2.24, 2.45) is 0 Å². The number of aromatic nitrogens is 3. The average Bonchev–Trinajstić information content (AvgIpc) is 3.10. The van der Waals surface area contributed by atoms with Crippen LogP contribution in [0, 0.1) is 0 Å². The number of nitrogens with zero attached hydrogens (tertiary/aromatic N) is 3. The molecule has 0 radical (unpaired) electrons. The Morgan fingerprint density at radius 3 is 2.77 bits per heavy atom. The van der Waals surface area contributed by atoms with Crippen molar-refractivity contribution in [1.29, 1.82) is 0 Å². The number of rotatable bonds is 3. The number of hydrogen-bond acceptors (Lipinski definition) is 5. The Bertz CT molecular complexity index is 837. The average molecular weight is 327 g/mol. The second kappa shape index (κ2) is 5.41. The van der Waals surface area contributed by atoms with Crippen LogP contribution in [0.3, 0.4) is 0 Å². The molecule has 3 aromatic heterocycles. The molecule has 0 unspecified atom stereocenters. The van der Waals surface area contributed by atoms with Crippen molar-refractivity contribution >= 4 is 11.3 Å². The maximum absolute atomic E-state index is 12.7. The van der Waals surface area contributed by atoms with Gasteiger partial charge in [0, 0.05) is 17.6 Å². The number of pyridine rings is 1. The van der Waals surface area contributed by atoms with Crippen LogP contribution in [0.15, 0.2) is 44.5 Å². The maximum Gasteiger partial charge on any atom is 0.417 e. The Hall–Kier alpha value is -2.42. The zero-order valence-corrected chi connectivity index (χ0v) is 11.7. The van der Waals surface area contributed by atoms with E-state index in [0.717, 1.165) is 28.5 Å². The lowest BCUT2D eigenvalue weighted by Gasteiger charge is -2.08. The Kier molecular flexibility index (Phi) is 3.57. The van der Waals surface area contributed by atoms with Crippen LogP contribution in [0.5, 0.6) is 0 Å². The fraction of sp³-hybridized carbons (Fsp3) is 0.154. The normalized spacial score (nSPS) is 11.8. The van der Waals surface area contributed by atoms with Crippen molar-refractivity contribution < 1.29 is 17.7 Å². The highest BCUT2D eigenvalue weighted by molar-refractivity contribution is 7.08. The summed E-state index contributed by atoms with van der Waals surface area (Å²) in [5, 5.41) is 7.31. The Morgan fingerprint density at radius 2 is 2.09 bits per heavy atom. The van der Waals surface area contributed by atoms with Gasteiger partial charge in [0.05, 0.1) is 17.7 Å². The molecule has 0 aromatic carbocycles. The monoisotopic (exact) mass is 327 g/mol. The van der Waals surface area contributed by atoms with Gasteiger partial charge in [-0.15, -0.1) is 0 Å².